The van der Waals surface area contributed by atoms with E-state index in [1.807, 2.05) is 108 Å². The summed E-state index contributed by atoms with van der Waals surface area (Å²) in [5, 5.41) is 68.1. The molecule has 0 spiro atoms. The van der Waals surface area contributed by atoms with Crippen molar-refractivity contribution in [2.45, 2.75) is 153 Å². The van der Waals surface area contributed by atoms with Crippen LogP contribution in [0.5, 0.6) is 34.5 Å². The van der Waals surface area contributed by atoms with E-state index < -0.39 is 160 Å². The van der Waals surface area contributed by atoms with Crippen LogP contribution in [0.2, 0.25) is 0 Å². The molecule has 0 radical (unpaired) electrons. The van der Waals surface area contributed by atoms with Crippen LogP contribution in [0.25, 0.3) is 0 Å². The van der Waals surface area contributed by atoms with Gasteiger partial charge in [-0.2, -0.15) is 0 Å². The van der Waals surface area contributed by atoms with E-state index in [0.29, 0.717) is 59.2 Å². The summed E-state index contributed by atoms with van der Waals surface area (Å²) >= 11 is -4.95. The topological polar surface area (TPSA) is 121 Å². The fraction of sp³-hybridized carbons (Fsp3) is 0.242. The molecule has 0 saturated carbocycles. The first-order valence-electron chi connectivity index (χ1n) is 39.5. The second-order valence-electron chi connectivity index (χ2n) is 32.8. The van der Waals surface area contributed by atoms with E-state index in [1.165, 1.54) is 42.0 Å². The van der Waals surface area contributed by atoms with Gasteiger partial charge in [0, 0.05) is 93.0 Å². The first-order valence-corrected chi connectivity index (χ1v) is 83.5. The molecule has 0 fully saturated rings. The van der Waals surface area contributed by atoms with Crippen LogP contribution in [0.1, 0.15) is 144 Å². The maximum atomic E-state index is 14.3. The number of aromatic hydroxyl groups is 6. The summed E-state index contributed by atoms with van der Waals surface area (Å²) in [6.45, 7) is 38.6. The van der Waals surface area contributed by atoms with Crippen molar-refractivity contribution in [3.05, 3.63) is 320 Å². The first-order chi connectivity index (χ1) is 62.5. The Morgan fingerprint density at radius 1 is 0.216 bits per heavy atom. The van der Waals surface area contributed by atoms with Crippen LogP contribution in [0.15, 0.2) is 206 Å². The van der Waals surface area contributed by atoms with Crippen LogP contribution < -0.4 is 63.7 Å². The van der Waals surface area contributed by atoms with Gasteiger partial charge in [0.05, 0.1) is 0 Å². The molecule has 134 heavy (non-hydrogen) atoms. The van der Waals surface area contributed by atoms with Crippen LogP contribution >= 0.6 is 154 Å². The number of phenolic OH excluding ortho intramolecular Hbond substituents is 6. The molecular weight excluding hydrogens is 2570 g/mol. The van der Waals surface area contributed by atoms with Gasteiger partial charge >= 0.3 is 227 Å². The summed E-state index contributed by atoms with van der Waals surface area (Å²) in [6, 6.07) is 55.5. The van der Waals surface area contributed by atoms with Gasteiger partial charge < -0.3 is 30.6 Å². The van der Waals surface area contributed by atoms with E-state index >= 15 is 0 Å². The van der Waals surface area contributed by atoms with Crippen LogP contribution in [-0.4, -0.2) is 30.6 Å². The summed E-state index contributed by atoms with van der Waals surface area (Å²) in [7, 11) is 59.5. The molecule has 0 saturated heterocycles. The fourth-order valence-electron chi connectivity index (χ4n) is 11.4. The third-order valence-corrected chi connectivity index (χ3v) is 26.1. The van der Waals surface area contributed by atoms with E-state index in [9.17, 15) is 70.2 Å². The van der Waals surface area contributed by atoms with E-state index in [4.69, 9.17) is 102 Å². The number of hydrogen-bond acceptors (Lipinski definition) is 6. The van der Waals surface area contributed by atoms with E-state index in [0.717, 1.165) is 89.7 Å². The molecule has 0 aliphatic heterocycles. The number of hydrogen-bond donors (Lipinski definition) is 6. The number of benzene rings is 12. The Labute approximate surface area is 907 Å². The van der Waals surface area contributed by atoms with Crippen molar-refractivity contribution in [2.24, 2.45) is 0 Å². The Morgan fingerprint density at radius 3 is 0.821 bits per heavy atom. The molecule has 12 aromatic carbocycles. The quantitative estimate of drug-likeness (QED) is 0.0535. The minimum absolute atomic E-state index is 0.00348. The molecule has 0 bridgehead atoms. The van der Waals surface area contributed by atoms with Crippen LogP contribution in [0.4, 0.5) is 39.5 Å². The number of phenols is 6. The molecule has 6 nitrogen and oxygen atoms in total. The van der Waals surface area contributed by atoms with E-state index in [1.54, 1.807) is 85.8 Å². The summed E-state index contributed by atoms with van der Waals surface area (Å²) in [5.41, 5.74) is 10.2. The second kappa shape index (κ2) is 68.6. The number of halogens is 21. The van der Waals surface area contributed by atoms with Gasteiger partial charge in [0.25, 0.3) is 0 Å². The molecule has 6 atom stereocenters. The SMILES string of the molecule is Cc1ccc(O)c(Pc2ccc(F)cc2F)c1.Cc1ccc(Pc2cc(C(C)(C)C)cc(C(C)(C)C)c2O)c(F)c1.Cc1ccc(Pc2cc(C(C)(C)C)cc(C)c2O)c(F)c1.Cc1ccc(Pc2cc(C)cc(C(C)(C)C)c2O)c(F)c1.Cc1cccc(Pc2ccc(F)cc2F)c1O.Oc1ccccc1Pc1ccc(F)cc1F.[Cl][Zr][Cl].[Cl][Zr][Cl].[Cl][Zr][Cl].[Cl][Zr][Cl].[Cl][Zr][Cl].[Cl][Zr][Cl]. The zero-order valence-corrected chi connectivity index (χ0v) is 106. The Morgan fingerprint density at radius 2 is 0.478 bits per heavy atom. The van der Waals surface area contributed by atoms with Gasteiger partial charge in [-0.3, -0.25) is 0 Å². The van der Waals surface area contributed by atoms with Gasteiger partial charge in [-0.15, -0.1) is 0 Å². The molecule has 12 rings (SSSR count). The second-order valence-corrected chi connectivity index (χ2v) is 63.2. The summed E-state index contributed by atoms with van der Waals surface area (Å²) in [6.07, 6.45) is 0. The average Bonchev–Trinajstić information content (AvgIpc) is 0.777. The van der Waals surface area contributed by atoms with Crippen LogP contribution in [0.3, 0.4) is 0 Å². The van der Waals surface area contributed by atoms with E-state index in [-0.39, 0.29) is 114 Å². The van der Waals surface area contributed by atoms with Gasteiger partial charge in [0.1, 0.15) is 86.9 Å². The van der Waals surface area contributed by atoms with Crippen molar-refractivity contribution in [1.29, 1.82) is 0 Å². The average molecular weight is 2670 g/mol. The maximum absolute atomic E-state index is 14.3. The Hall–Kier alpha value is 0.169. The van der Waals surface area contributed by atoms with Crippen molar-refractivity contribution < 1.29 is 195 Å². The Kier molecular flexibility index (Phi) is 67.7. The summed E-state index contributed by atoms with van der Waals surface area (Å²) in [5.74, 6) is -2.81. The molecule has 0 aliphatic carbocycles. The van der Waals surface area contributed by atoms with Crippen molar-refractivity contribution in [1.82, 2.24) is 0 Å². The first kappa shape index (κ1) is 132. The normalized spacial score (nSPS) is 11.0. The Balaban J connectivity index is 0.000000777. The van der Waals surface area contributed by atoms with Crippen molar-refractivity contribution in [2.75, 3.05) is 0 Å². The molecule has 6 unspecified atom stereocenters. The zero-order valence-electron chi connectivity index (χ0n) is 76.3. The minimum atomic E-state index is -0.826. The predicted molar refractivity (Wildman–Crippen MR) is 551 cm³/mol. The van der Waals surface area contributed by atoms with Gasteiger partial charge in [-0.1, -0.05) is 237 Å². The predicted octanol–water partition coefficient (Wildman–Crippen LogP) is 29.0. The molecule has 6 N–H and O–H groups in total. The molecule has 12 aromatic rings. The molecule has 0 heterocycles. The molecule has 0 aliphatic rings. The number of aryl methyl sites for hydroxylation is 7. The molecule has 720 valence electrons. The van der Waals surface area contributed by atoms with E-state index in [2.05, 4.69) is 89.2 Å². The third kappa shape index (κ3) is 50.5. The van der Waals surface area contributed by atoms with Crippen molar-refractivity contribution in [3.8, 4) is 34.5 Å². The molecule has 39 heteroatoms. The van der Waals surface area contributed by atoms with Crippen molar-refractivity contribution in [3.63, 3.8) is 0 Å². The molecular formula is C95H103Cl12F9O6P6Zr6. The number of para-hydroxylation sites is 2. The van der Waals surface area contributed by atoms with Crippen LogP contribution in [-0.2, 0) is 147 Å². The molecule has 0 aromatic heterocycles. The standard InChI is InChI=1S/C21H28FOP.2C18H22FOP.2C13H11F2OP.C12H9F2OP.12ClH.6Zr/c1-13-8-9-17(16(22)10-13)24-18-12-14(20(2,3)4)11-15(19(18)23)21(5,6)7;1-11-6-7-15(14(19)9-11)21-16-10-12(2)8-13(17(16)20)18(3,4)5;1-11-6-7-15(14(19)8-11)21-16-10-13(18(3,4)5)9-12(2)17(16)20;1-8-2-4-11(16)13(6-8)17-12-5-3-9(14)7-10(12)15;1-8-3-2-4-12(13(8)16)17-11-6-5-9(14)7-10(11)15;13-8-5-6-11(9(14)7-8)16-12-4-2-1-3-10(12)15;;;;;;;;;;;;;;;;;;/h8-12,23-24H,1-7H3;2*6-10,20-21H,1-5H3;2*2-7,16-17H,1H3;1-7,15-16H;12*1H;;;;;;/q;;;;;;;;;;;;;;;;;;6*+2/p-12. The zero-order chi connectivity index (χ0) is 102. The van der Waals surface area contributed by atoms with Crippen molar-refractivity contribution >= 4 is 217 Å². The fourth-order valence-corrected chi connectivity index (χ4v) is 18.2. The Bertz CT molecular complexity index is 5530. The van der Waals surface area contributed by atoms with Crippen LogP contribution in [0, 0.1) is 101 Å². The van der Waals surface area contributed by atoms with Gasteiger partial charge in [-0.25, -0.2) is 39.5 Å². The number of rotatable bonds is 12. The summed E-state index contributed by atoms with van der Waals surface area (Å²) < 4.78 is 121. The van der Waals surface area contributed by atoms with Gasteiger partial charge in [-0.05, 0) is 206 Å². The van der Waals surface area contributed by atoms with Gasteiger partial charge in [0.15, 0.2) is 0 Å². The van der Waals surface area contributed by atoms with Gasteiger partial charge in [0.2, 0.25) is 0 Å². The third-order valence-electron chi connectivity index (χ3n) is 18.1. The monoisotopic (exact) mass is 2660 g/mol. The molecule has 0 amide bonds. The summed E-state index contributed by atoms with van der Waals surface area (Å²) in [4.78, 5) is 0.